The molecule has 21 heavy (non-hydrogen) atoms. The highest BCUT2D eigenvalue weighted by Crippen LogP contribution is 2.16. The molecule has 0 spiro atoms. The summed E-state index contributed by atoms with van der Waals surface area (Å²) in [6.07, 6.45) is 1.35. The Labute approximate surface area is 123 Å². The Hall–Kier alpha value is -2.88. The highest BCUT2D eigenvalue weighted by atomic mass is 16.3. The van der Waals surface area contributed by atoms with Crippen molar-refractivity contribution in [3.8, 4) is 0 Å². The van der Waals surface area contributed by atoms with Gasteiger partial charge in [0.05, 0.1) is 5.57 Å². The van der Waals surface area contributed by atoms with Crippen molar-refractivity contribution >= 4 is 23.6 Å². The molecule has 0 fully saturated rings. The molecular formula is C17H16N2O2. The van der Waals surface area contributed by atoms with E-state index >= 15 is 0 Å². The number of para-hydroxylation sites is 1. The van der Waals surface area contributed by atoms with Crippen LogP contribution in [-0.2, 0) is 4.79 Å². The van der Waals surface area contributed by atoms with Crippen molar-refractivity contribution in [2.24, 2.45) is 4.99 Å². The number of hydrogen-bond acceptors (Lipinski definition) is 3. The van der Waals surface area contributed by atoms with Crippen LogP contribution in [-0.4, -0.2) is 24.3 Å². The zero-order valence-electron chi connectivity index (χ0n) is 11.7. The van der Waals surface area contributed by atoms with Crippen LogP contribution in [0.25, 0.3) is 5.76 Å². The Morgan fingerprint density at radius 3 is 2.19 bits per heavy atom. The monoisotopic (exact) mass is 280 g/mol. The van der Waals surface area contributed by atoms with Gasteiger partial charge in [-0.3, -0.25) is 9.79 Å². The fraction of sp³-hybridized carbons (Fsp3) is 0.0588. The first kappa shape index (κ1) is 14.5. The predicted molar refractivity (Wildman–Crippen MR) is 85.5 cm³/mol. The quantitative estimate of drug-likeness (QED) is 0.513. The van der Waals surface area contributed by atoms with E-state index in [4.69, 9.17) is 0 Å². The smallest absolute Gasteiger partial charge is 0.261 e. The number of aliphatic imine (C=N–C) groups is 1. The minimum atomic E-state index is -0.409. The summed E-state index contributed by atoms with van der Waals surface area (Å²) in [4.78, 5) is 16.1. The molecule has 0 aliphatic carbocycles. The van der Waals surface area contributed by atoms with Crippen molar-refractivity contribution in [1.29, 1.82) is 0 Å². The van der Waals surface area contributed by atoms with Crippen LogP contribution in [0.3, 0.4) is 0 Å². The number of hydrogen-bond donors (Lipinski definition) is 2. The van der Waals surface area contributed by atoms with Gasteiger partial charge in [0.15, 0.2) is 0 Å². The molecule has 0 bridgehead atoms. The number of amides is 1. The van der Waals surface area contributed by atoms with Gasteiger partial charge in [-0.1, -0.05) is 48.5 Å². The van der Waals surface area contributed by atoms with Gasteiger partial charge in [-0.15, -0.1) is 0 Å². The van der Waals surface area contributed by atoms with Crippen molar-refractivity contribution in [3.63, 3.8) is 0 Å². The van der Waals surface area contributed by atoms with Crippen LogP contribution in [0.5, 0.6) is 0 Å². The first-order chi connectivity index (χ1) is 10.2. The van der Waals surface area contributed by atoms with E-state index < -0.39 is 5.91 Å². The first-order valence-electron chi connectivity index (χ1n) is 6.49. The standard InChI is InChI=1S/C17H16N2O2/c1-18-12-15(16(20)13-8-4-2-5-9-13)17(21)19-14-10-6-3-7-11-14/h2-12,20H,1H3,(H,19,21)/b16-15-,18-12?. The van der Waals surface area contributed by atoms with Gasteiger partial charge in [-0.25, -0.2) is 0 Å². The summed E-state index contributed by atoms with van der Waals surface area (Å²) in [5.41, 5.74) is 1.34. The van der Waals surface area contributed by atoms with E-state index in [2.05, 4.69) is 10.3 Å². The Balaban J connectivity index is 2.32. The average molecular weight is 280 g/mol. The third kappa shape index (κ3) is 3.79. The summed E-state index contributed by atoms with van der Waals surface area (Å²) in [6, 6.07) is 18.0. The van der Waals surface area contributed by atoms with E-state index in [1.54, 1.807) is 43.4 Å². The summed E-state index contributed by atoms with van der Waals surface area (Å²) in [6.45, 7) is 0. The van der Waals surface area contributed by atoms with Crippen LogP contribution in [0.4, 0.5) is 5.69 Å². The van der Waals surface area contributed by atoms with E-state index in [1.807, 2.05) is 24.3 Å². The molecule has 2 aromatic rings. The lowest BCUT2D eigenvalue weighted by atomic mass is 10.1. The number of rotatable bonds is 4. The Morgan fingerprint density at radius 2 is 1.62 bits per heavy atom. The van der Waals surface area contributed by atoms with Crippen LogP contribution in [0.1, 0.15) is 5.56 Å². The maximum Gasteiger partial charge on any atom is 0.261 e. The lowest BCUT2D eigenvalue weighted by Crippen LogP contribution is -2.17. The second-order valence-electron chi connectivity index (χ2n) is 4.34. The van der Waals surface area contributed by atoms with Crippen LogP contribution >= 0.6 is 0 Å². The van der Waals surface area contributed by atoms with Gasteiger partial charge in [-0.05, 0) is 12.1 Å². The molecule has 1 amide bonds. The van der Waals surface area contributed by atoms with Crippen molar-refractivity contribution in [2.45, 2.75) is 0 Å². The molecule has 0 aliphatic rings. The molecule has 106 valence electrons. The van der Waals surface area contributed by atoms with E-state index in [0.29, 0.717) is 11.3 Å². The highest BCUT2D eigenvalue weighted by Gasteiger charge is 2.14. The van der Waals surface area contributed by atoms with Gasteiger partial charge >= 0.3 is 0 Å². The second-order valence-corrected chi connectivity index (χ2v) is 4.34. The number of nitrogens with zero attached hydrogens (tertiary/aromatic N) is 1. The van der Waals surface area contributed by atoms with E-state index in [-0.39, 0.29) is 11.3 Å². The topological polar surface area (TPSA) is 61.7 Å². The molecule has 2 rings (SSSR count). The number of aliphatic hydroxyl groups excluding tert-OH is 1. The molecule has 2 aromatic carbocycles. The molecule has 0 aliphatic heterocycles. The molecule has 0 aromatic heterocycles. The van der Waals surface area contributed by atoms with Crippen molar-refractivity contribution < 1.29 is 9.90 Å². The third-order valence-corrected chi connectivity index (χ3v) is 2.84. The number of carbonyl (C=O) groups excluding carboxylic acids is 1. The lowest BCUT2D eigenvalue weighted by molar-refractivity contribution is -0.112. The van der Waals surface area contributed by atoms with Gasteiger partial charge in [0.1, 0.15) is 5.76 Å². The highest BCUT2D eigenvalue weighted by molar-refractivity contribution is 6.21. The van der Waals surface area contributed by atoms with Crippen LogP contribution in [0, 0.1) is 0 Å². The molecule has 0 saturated heterocycles. The normalized spacial score (nSPS) is 12.0. The van der Waals surface area contributed by atoms with Crippen LogP contribution in [0.2, 0.25) is 0 Å². The molecule has 4 nitrogen and oxygen atoms in total. The van der Waals surface area contributed by atoms with Gasteiger partial charge in [0, 0.05) is 24.5 Å². The molecule has 0 saturated carbocycles. The summed E-state index contributed by atoms with van der Waals surface area (Å²) < 4.78 is 0. The molecule has 2 N–H and O–H groups in total. The summed E-state index contributed by atoms with van der Waals surface area (Å²) in [7, 11) is 1.55. The van der Waals surface area contributed by atoms with Crippen LogP contribution < -0.4 is 5.32 Å². The third-order valence-electron chi connectivity index (χ3n) is 2.84. The maximum atomic E-state index is 12.3. The largest absolute Gasteiger partial charge is 0.506 e. The number of carbonyl (C=O) groups is 1. The average Bonchev–Trinajstić information content (AvgIpc) is 2.53. The van der Waals surface area contributed by atoms with Gasteiger partial charge in [0.2, 0.25) is 0 Å². The summed E-state index contributed by atoms with van der Waals surface area (Å²) in [5, 5.41) is 13.0. The van der Waals surface area contributed by atoms with Crippen LogP contribution in [0.15, 0.2) is 71.2 Å². The SMILES string of the molecule is CN=C/C(C(=O)Nc1ccccc1)=C(/O)c1ccccc1. The van der Waals surface area contributed by atoms with Gasteiger partial charge in [0.25, 0.3) is 5.91 Å². The first-order valence-corrected chi connectivity index (χ1v) is 6.49. The fourth-order valence-electron chi connectivity index (χ4n) is 1.83. The summed E-state index contributed by atoms with van der Waals surface area (Å²) in [5.74, 6) is -0.511. The number of benzene rings is 2. The van der Waals surface area contributed by atoms with Crippen molar-refractivity contribution in [1.82, 2.24) is 0 Å². The fourth-order valence-corrected chi connectivity index (χ4v) is 1.83. The Bertz CT molecular complexity index is 662. The molecule has 4 heteroatoms. The zero-order valence-corrected chi connectivity index (χ0v) is 11.7. The number of anilines is 1. The molecule has 0 unspecified atom stereocenters. The van der Waals surface area contributed by atoms with Crippen molar-refractivity contribution in [2.75, 3.05) is 12.4 Å². The second kappa shape index (κ2) is 7.05. The number of aliphatic hydroxyl groups is 1. The minimum absolute atomic E-state index is 0.102. The number of nitrogens with one attached hydrogen (secondary N) is 1. The lowest BCUT2D eigenvalue weighted by Gasteiger charge is -2.08. The van der Waals surface area contributed by atoms with E-state index in [9.17, 15) is 9.90 Å². The maximum absolute atomic E-state index is 12.3. The molecule has 0 atom stereocenters. The van der Waals surface area contributed by atoms with Crippen molar-refractivity contribution in [3.05, 3.63) is 71.8 Å². The molecule has 0 heterocycles. The zero-order chi connectivity index (χ0) is 15.1. The predicted octanol–water partition coefficient (Wildman–Crippen LogP) is 3.30. The van der Waals surface area contributed by atoms with E-state index in [0.717, 1.165) is 0 Å². The Kier molecular flexibility index (Phi) is 4.88. The van der Waals surface area contributed by atoms with Gasteiger partial charge < -0.3 is 10.4 Å². The summed E-state index contributed by atoms with van der Waals surface area (Å²) >= 11 is 0. The van der Waals surface area contributed by atoms with E-state index in [1.165, 1.54) is 6.21 Å². The minimum Gasteiger partial charge on any atom is -0.506 e. The van der Waals surface area contributed by atoms with Gasteiger partial charge in [-0.2, -0.15) is 0 Å². The Morgan fingerprint density at radius 1 is 1.05 bits per heavy atom. The molecular weight excluding hydrogens is 264 g/mol. The molecule has 0 radical (unpaired) electrons.